The molecule has 0 saturated carbocycles. The number of phenols is 1. The van der Waals surface area contributed by atoms with Crippen molar-refractivity contribution in [2.75, 3.05) is 6.61 Å². The fraction of sp³-hybridized carbons (Fsp3) is 0.250. The quantitative estimate of drug-likeness (QED) is 0.626. The molecule has 0 saturated heterocycles. The Labute approximate surface area is 71.8 Å². The van der Waals surface area contributed by atoms with E-state index in [1.54, 1.807) is 25.1 Å². The molecule has 0 fully saturated rings. The molecule has 0 unspecified atom stereocenters. The molecule has 3 nitrogen and oxygen atoms in total. The van der Waals surface area contributed by atoms with E-state index in [-0.39, 0.29) is 5.75 Å². The Morgan fingerprint density at radius 1 is 1.42 bits per heavy atom. The van der Waals surface area contributed by atoms with E-state index in [1.165, 1.54) is 6.07 Å². The Kier molecular flexibility index (Phi) is 3.14. The third-order valence-corrected chi connectivity index (χ3v) is 1.53. The van der Waals surface area contributed by atoms with Crippen molar-refractivity contribution in [1.82, 2.24) is 0 Å². The molecule has 0 bridgehead atoms. The molecule has 12 heavy (non-hydrogen) atoms. The molecular formula is C8H11BO3. The highest BCUT2D eigenvalue weighted by Crippen LogP contribution is 2.04. The summed E-state index contributed by atoms with van der Waals surface area (Å²) < 4.78 is 4.90. The van der Waals surface area contributed by atoms with Crippen LogP contribution in [0, 0.1) is 0 Å². The van der Waals surface area contributed by atoms with Gasteiger partial charge in [0.25, 0.3) is 0 Å². The second kappa shape index (κ2) is 4.14. The predicted octanol–water partition coefficient (Wildman–Crippen LogP) is 0.116. The van der Waals surface area contributed by atoms with Gasteiger partial charge in [-0.15, -0.1) is 0 Å². The number of hydrogen-bond acceptors (Lipinski definition) is 3. The molecule has 0 amide bonds. The summed E-state index contributed by atoms with van der Waals surface area (Å²) in [6.07, 6.45) is 0. The Balaban J connectivity index is 2.79. The summed E-state index contributed by atoms with van der Waals surface area (Å²) in [7, 11) is -1.03. The van der Waals surface area contributed by atoms with E-state index in [1.807, 2.05) is 0 Å². The number of aromatic hydroxyl groups is 1. The van der Waals surface area contributed by atoms with Crippen LogP contribution in [0.25, 0.3) is 0 Å². The lowest BCUT2D eigenvalue weighted by Crippen LogP contribution is -2.33. The highest BCUT2D eigenvalue weighted by molar-refractivity contribution is 6.61. The summed E-state index contributed by atoms with van der Waals surface area (Å²) in [5, 5.41) is 18.6. The molecule has 64 valence electrons. The Morgan fingerprint density at radius 3 is 2.67 bits per heavy atom. The summed E-state index contributed by atoms with van der Waals surface area (Å²) >= 11 is 0. The molecule has 1 aromatic rings. The van der Waals surface area contributed by atoms with Gasteiger partial charge >= 0.3 is 7.12 Å². The standard InChI is InChI=1S/C8H11BO3/c1-2-12-9(11)7-5-3-4-6-8(7)10/h3-6,10-11H,2H2,1H3. The molecule has 1 aromatic carbocycles. The molecule has 0 radical (unpaired) electrons. The van der Waals surface area contributed by atoms with E-state index < -0.39 is 7.12 Å². The molecule has 0 aliphatic rings. The number of hydrogen-bond donors (Lipinski definition) is 2. The summed E-state index contributed by atoms with van der Waals surface area (Å²) in [4.78, 5) is 0. The molecule has 0 heterocycles. The average Bonchev–Trinajstić information content (AvgIpc) is 2.05. The van der Waals surface area contributed by atoms with E-state index in [9.17, 15) is 10.1 Å². The van der Waals surface area contributed by atoms with Crippen molar-refractivity contribution in [2.45, 2.75) is 6.92 Å². The first kappa shape index (κ1) is 9.10. The normalized spacial score (nSPS) is 9.83. The molecule has 0 atom stereocenters. The van der Waals surface area contributed by atoms with Gasteiger partial charge < -0.3 is 14.8 Å². The van der Waals surface area contributed by atoms with Gasteiger partial charge in [-0.3, -0.25) is 0 Å². The third kappa shape index (κ3) is 2.00. The fourth-order valence-electron chi connectivity index (χ4n) is 0.944. The van der Waals surface area contributed by atoms with Crippen LogP contribution in [0.3, 0.4) is 0 Å². The first-order chi connectivity index (χ1) is 5.75. The Morgan fingerprint density at radius 2 is 2.08 bits per heavy atom. The van der Waals surface area contributed by atoms with Crippen molar-refractivity contribution in [1.29, 1.82) is 0 Å². The maximum Gasteiger partial charge on any atom is 0.494 e. The van der Waals surface area contributed by atoms with Crippen LogP contribution in [0.4, 0.5) is 0 Å². The first-order valence-electron chi connectivity index (χ1n) is 3.83. The SMILES string of the molecule is CCOB(O)c1ccccc1O. The van der Waals surface area contributed by atoms with Crippen LogP contribution < -0.4 is 5.46 Å². The summed E-state index contributed by atoms with van der Waals surface area (Å²) in [6, 6.07) is 6.56. The van der Waals surface area contributed by atoms with Gasteiger partial charge in [-0.1, -0.05) is 18.2 Å². The van der Waals surface area contributed by atoms with Crippen LogP contribution in [-0.4, -0.2) is 23.9 Å². The van der Waals surface area contributed by atoms with Crippen molar-refractivity contribution in [3.05, 3.63) is 24.3 Å². The lowest BCUT2D eigenvalue weighted by atomic mass is 9.79. The smallest absolute Gasteiger partial charge is 0.494 e. The lowest BCUT2D eigenvalue weighted by Gasteiger charge is -2.06. The summed E-state index contributed by atoms with van der Waals surface area (Å²) in [5.74, 6) is 0.0541. The molecule has 4 heteroatoms. The fourth-order valence-corrected chi connectivity index (χ4v) is 0.944. The zero-order valence-corrected chi connectivity index (χ0v) is 6.90. The van der Waals surface area contributed by atoms with E-state index in [2.05, 4.69) is 0 Å². The summed E-state index contributed by atoms with van der Waals surface area (Å²) in [6.45, 7) is 2.19. The number of para-hydroxylation sites is 1. The highest BCUT2D eigenvalue weighted by atomic mass is 16.5. The molecule has 0 aliphatic carbocycles. The molecule has 0 aliphatic heterocycles. The van der Waals surface area contributed by atoms with Crippen molar-refractivity contribution >= 4 is 12.6 Å². The minimum Gasteiger partial charge on any atom is -0.508 e. The maximum atomic E-state index is 9.32. The predicted molar refractivity (Wildman–Crippen MR) is 47.3 cm³/mol. The first-order valence-corrected chi connectivity index (χ1v) is 3.83. The third-order valence-electron chi connectivity index (χ3n) is 1.53. The largest absolute Gasteiger partial charge is 0.508 e. The minimum atomic E-state index is -1.03. The minimum absolute atomic E-state index is 0.0541. The van der Waals surface area contributed by atoms with Crippen LogP contribution in [0.5, 0.6) is 5.75 Å². The van der Waals surface area contributed by atoms with Gasteiger partial charge in [-0.05, 0) is 13.0 Å². The maximum absolute atomic E-state index is 9.32. The Hall–Kier alpha value is -0.995. The summed E-state index contributed by atoms with van der Waals surface area (Å²) in [5.41, 5.74) is 0.402. The van der Waals surface area contributed by atoms with Gasteiger partial charge in [-0.2, -0.15) is 0 Å². The Bertz CT molecular complexity index is 252. The van der Waals surface area contributed by atoms with Crippen LogP contribution in [0.2, 0.25) is 0 Å². The van der Waals surface area contributed by atoms with Crippen LogP contribution in [0.1, 0.15) is 6.92 Å². The van der Waals surface area contributed by atoms with Gasteiger partial charge in [-0.25, -0.2) is 0 Å². The van der Waals surface area contributed by atoms with Crippen molar-refractivity contribution < 1.29 is 14.8 Å². The van der Waals surface area contributed by atoms with E-state index in [0.29, 0.717) is 12.1 Å². The van der Waals surface area contributed by atoms with E-state index in [0.717, 1.165) is 0 Å². The lowest BCUT2D eigenvalue weighted by molar-refractivity contribution is 0.286. The number of benzene rings is 1. The number of rotatable bonds is 3. The number of phenolic OH excluding ortho intramolecular Hbond substituents is 1. The average molecular weight is 166 g/mol. The van der Waals surface area contributed by atoms with Gasteiger partial charge in [0.1, 0.15) is 5.75 Å². The van der Waals surface area contributed by atoms with Gasteiger partial charge in [0.05, 0.1) is 0 Å². The van der Waals surface area contributed by atoms with Crippen LogP contribution in [-0.2, 0) is 4.65 Å². The second-order valence-electron chi connectivity index (χ2n) is 2.37. The van der Waals surface area contributed by atoms with Gasteiger partial charge in [0, 0.05) is 12.1 Å². The van der Waals surface area contributed by atoms with Gasteiger partial charge in [0.15, 0.2) is 0 Å². The van der Waals surface area contributed by atoms with Crippen LogP contribution in [0.15, 0.2) is 24.3 Å². The van der Waals surface area contributed by atoms with Gasteiger partial charge in [0.2, 0.25) is 0 Å². The highest BCUT2D eigenvalue weighted by Gasteiger charge is 2.18. The monoisotopic (exact) mass is 166 g/mol. The molecule has 1 rings (SSSR count). The zero-order chi connectivity index (χ0) is 8.97. The van der Waals surface area contributed by atoms with Crippen molar-refractivity contribution in [2.24, 2.45) is 0 Å². The van der Waals surface area contributed by atoms with Crippen LogP contribution >= 0.6 is 0 Å². The van der Waals surface area contributed by atoms with Crippen molar-refractivity contribution in [3.8, 4) is 5.75 Å². The molecular weight excluding hydrogens is 155 g/mol. The second-order valence-corrected chi connectivity index (χ2v) is 2.37. The van der Waals surface area contributed by atoms with E-state index in [4.69, 9.17) is 4.65 Å². The van der Waals surface area contributed by atoms with Crippen molar-refractivity contribution in [3.63, 3.8) is 0 Å². The molecule has 2 N–H and O–H groups in total. The van der Waals surface area contributed by atoms with E-state index >= 15 is 0 Å². The molecule has 0 aromatic heterocycles. The zero-order valence-electron chi connectivity index (χ0n) is 6.90. The topological polar surface area (TPSA) is 49.7 Å². The molecule has 0 spiro atoms.